The lowest BCUT2D eigenvalue weighted by molar-refractivity contribution is 0.272. The zero-order valence-electron chi connectivity index (χ0n) is 14.1. The highest BCUT2D eigenvalue weighted by molar-refractivity contribution is 7.90. The predicted molar refractivity (Wildman–Crippen MR) is 103 cm³/mol. The van der Waals surface area contributed by atoms with E-state index < -0.39 is 9.84 Å². The summed E-state index contributed by atoms with van der Waals surface area (Å²) in [7, 11) is -2.90. The van der Waals surface area contributed by atoms with Crippen molar-refractivity contribution in [1.29, 1.82) is 0 Å². The lowest BCUT2D eigenvalue weighted by Crippen LogP contribution is -2.47. The molecule has 3 rings (SSSR count). The minimum Gasteiger partial charge on any atom is -0.344 e. The molecule has 0 unspecified atom stereocenters. The molecule has 1 aliphatic heterocycles. The average molecular weight is 401 g/mol. The number of aromatic nitrogens is 2. The Hall–Kier alpha value is -1.22. The van der Waals surface area contributed by atoms with Crippen LogP contribution < -0.4 is 4.90 Å². The second-order valence-corrected chi connectivity index (χ2v) is 9.98. The van der Waals surface area contributed by atoms with Crippen molar-refractivity contribution in [3.05, 3.63) is 39.9 Å². The summed E-state index contributed by atoms with van der Waals surface area (Å²) in [6.07, 6.45) is 2.04. The zero-order chi connectivity index (χ0) is 17.9. The number of rotatable bonds is 6. The monoisotopic (exact) mass is 400 g/mol. The van der Waals surface area contributed by atoms with Crippen LogP contribution in [0.5, 0.6) is 0 Å². The van der Waals surface area contributed by atoms with Crippen molar-refractivity contribution in [2.24, 2.45) is 0 Å². The molecule has 9 heteroatoms. The molecule has 0 aliphatic carbocycles. The van der Waals surface area contributed by atoms with Gasteiger partial charge in [-0.15, -0.1) is 10.2 Å². The normalized spacial score (nSPS) is 16.3. The Balaban J connectivity index is 1.52. The van der Waals surface area contributed by atoms with Gasteiger partial charge in [0.05, 0.1) is 5.75 Å². The summed E-state index contributed by atoms with van der Waals surface area (Å²) in [5.74, 6) is 0.219. The second-order valence-electron chi connectivity index (χ2n) is 6.24. The highest BCUT2D eigenvalue weighted by atomic mass is 35.5. The van der Waals surface area contributed by atoms with E-state index in [4.69, 9.17) is 11.6 Å². The molecule has 6 nitrogen and oxygen atoms in total. The van der Waals surface area contributed by atoms with Gasteiger partial charge in [-0.05, 0) is 17.7 Å². The smallest absolute Gasteiger partial charge is 0.208 e. The van der Waals surface area contributed by atoms with E-state index in [0.717, 1.165) is 53.3 Å². The van der Waals surface area contributed by atoms with Crippen LogP contribution >= 0.6 is 22.9 Å². The van der Waals surface area contributed by atoms with Gasteiger partial charge in [0.15, 0.2) is 0 Å². The standard InChI is InChI=1S/C16H21ClN4O2S2/c1-25(22,23)11-10-20-6-8-21(9-7-20)16-19-18-15(24-16)12-13-2-4-14(17)5-3-13/h2-5H,6-12H2,1H3. The van der Waals surface area contributed by atoms with Crippen LogP contribution in [-0.2, 0) is 16.3 Å². The number of piperazine rings is 1. The molecule has 1 saturated heterocycles. The van der Waals surface area contributed by atoms with Crippen molar-refractivity contribution in [3.8, 4) is 0 Å². The minimum absolute atomic E-state index is 0.219. The van der Waals surface area contributed by atoms with Crippen molar-refractivity contribution < 1.29 is 8.42 Å². The Bertz CT molecular complexity index is 800. The van der Waals surface area contributed by atoms with E-state index in [1.165, 1.54) is 6.26 Å². The molecule has 0 radical (unpaired) electrons. The second kappa shape index (κ2) is 7.99. The van der Waals surface area contributed by atoms with E-state index in [9.17, 15) is 8.42 Å². The maximum atomic E-state index is 11.3. The fourth-order valence-corrected chi connectivity index (χ4v) is 4.32. The van der Waals surface area contributed by atoms with E-state index in [2.05, 4.69) is 20.0 Å². The maximum absolute atomic E-state index is 11.3. The van der Waals surface area contributed by atoms with Crippen LogP contribution in [0.25, 0.3) is 0 Å². The third-order valence-corrected chi connectivity index (χ3v) is 6.31. The summed E-state index contributed by atoms with van der Waals surface area (Å²) in [5.41, 5.74) is 1.16. The number of benzene rings is 1. The highest BCUT2D eigenvalue weighted by Crippen LogP contribution is 2.24. The average Bonchev–Trinajstić information content (AvgIpc) is 3.03. The molecule has 2 aromatic rings. The van der Waals surface area contributed by atoms with Crippen LogP contribution in [0, 0.1) is 0 Å². The molecule has 1 aromatic carbocycles. The van der Waals surface area contributed by atoms with Crippen LogP contribution in [-0.4, -0.2) is 68.2 Å². The van der Waals surface area contributed by atoms with Crippen LogP contribution in [0.3, 0.4) is 0 Å². The number of nitrogens with zero attached hydrogens (tertiary/aromatic N) is 4. The molecule has 0 spiro atoms. The van der Waals surface area contributed by atoms with Gasteiger partial charge in [-0.2, -0.15) is 0 Å². The topological polar surface area (TPSA) is 66.4 Å². The fourth-order valence-electron chi connectivity index (χ4n) is 2.68. The minimum atomic E-state index is -2.90. The van der Waals surface area contributed by atoms with Gasteiger partial charge in [0.1, 0.15) is 14.8 Å². The van der Waals surface area contributed by atoms with Crippen LogP contribution in [0.2, 0.25) is 5.02 Å². The lowest BCUT2D eigenvalue weighted by Gasteiger charge is -2.34. The van der Waals surface area contributed by atoms with Crippen molar-refractivity contribution in [1.82, 2.24) is 15.1 Å². The van der Waals surface area contributed by atoms with Gasteiger partial charge in [-0.25, -0.2) is 8.42 Å². The Kier molecular flexibility index (Phi) is 5.93. The van der Waals surface area contributed by atoms with E-state index in [0.29, 0.717) is 6.54 Å². The Labute approximate surface area is 157 Å². The molecule has 1 aromatic heterocycles. The molecule has 0 bridgehead atoms. The zero-order valence-corrected chi connectivity index (χ0v) is 16.4. The summed E-state index contributed by atoms with van der Waals surface area (Å²) < 4.78 is 22.5. The van der Waals surface area contributed by atoms with Crippen molar-refractivity contribution in [2.45, 2.75) is 6.42 Å². The van der Waals surface area contributed by atoms with Crippen LogP contribution in [0.15, 0.2) is 24.3 Å². The predicted octanol–water partition coefficient (Wildman–Crippen LogP) is 1.95. The number of anilines is 1. The summed E-state index contributed by atoms with van der Waals surface area (Å²) in [5, 5.41) is 11.3. The fraction of sp³-hybridized carbons (Fsp3) is 0.500. The molecule has 0 saturated carbocycles. The lowest BCUT2D eigenvalue weighted by atomic mass is 10.2. The molecule has 0 atom stereocenters. The number of hydrogen-bond donors (Lipinski definition) is 0. The molecule has 0 amide bonds. The van der Waals surface area contributed by atoms with Crippen LogP contribution in [0.1, 0.15) is 10.6 Å². The summed E-state index contributed by atoms with van der Waals surface area (Å²) in [6, 6.07) is 7.77. The van der Waals surface area contributed by atoms with Gasteiger partial charge >= 0.3 is 0 Å². The Morgan fingerprint density at radius 3 is 2.44 bits per heavy atom. The van der Waals surface area contributed by atoms with E-state index in [1.54, 1.807) is 11.3 Å². The SMILES string of the molecule is CS(=O)(=O)CCN1CCN(c2nnc(Cc3ccc(Cl)cc3)s2)CC1. The third-order valence-electron chi connectivity index (χ3n) is 4.15. The first-order valence-corrected chi connectivity index (χ1v) is 11.4. The van der Waals surface area contributed by atoms with Crippen LogP contribution in [0.4, 0.5) is 5.13 Å². The van der Waals surface area contributed by atoms with Gasteiger partial charge in [0.2, 0.25) is 5.13 Å². The van der Waals surface area contributed by atoms with Crippen molar-refractivity contribution in [2.75, 3.05) is 49.6 Å². The number of hydrogen-bond acceptors (Lipinski definition) is 7. The Morgan fingerprint density at radius 1 is 1.12 bits per heavy atom. The van der Waals surface area contributed by atoms with E-state index in [-0.39, 0.29) is 5.75 Å². The largest absolute Gasteiger partial charge is 0.344 e. The first-order chi connectivity index (χ1) is 11.9. The maximum Gasteiger partial charge on any atom is 0.208 e. The van der Waals surface area contributed by atoms with Gasteiger partial charge in [0, 0.05) is 50.4 Å². The molecule has 1 aliphatic rings. The van der Waals surface area contributed by atoms with E-state index >= 15 is 0 Å². The molecule has 2 heterocycles. The highest BCUT2D eigenvalue weighted by Gasteiger charge is 2.20. The summed E-state index contributed by atoms with van der Waals surface area (Å²) >= 11 is 7.52. The van der Waals surface area contributed by atoms with Crippen molar-refractivity contribution >= 4 is 37.9 Å². The van der Waals surface area contributed by atoms with E-state index in [1.807, 2.05) is 24.3 Å². The summed E-state index contributed by atoms with van der Waals surface area (Å²) in [4.78, 5) is 4.41. The molecule has 0 N–H and O–H groups in total. The number of halogens is 1. The molecule has 25 heavy (non-hydrogen) atoms. The summed E-state index contributed by atoms with van der Waals surface area (Å²) in [6.45, 7) is 3.99. The van der Waals surface area contributed by atoms with Gasteiger partial charge in [-0.1, -0.05) is 35.1 Å². The number of sulfone groups is 1. The first kappa shape index (κ1) is 18.6. The van der Waals surface area contributed by atoms with Gasteiger partial charge in [-0.3, -0.25) is 4.90 Å². The Morgan fingerprint density at radius 2 is 1.80 bits per heavy atom. The first-order valence-electron chi connectivity index (χ1n) is 8.11. The van der Waals surface area contributed by atoms with Crippen molar-refractivity contribution in [3.63, 3.8) is 0 Å². The van der Waals surface area contributed by atoms with Gasteiger partial charge < -0.3 is 4.90 Å². The van der Waals surface area contributed by atoms with Gasteiger partial charge in [0.25, 0.3) is 0 Å². The molecular weight excluding hydrogens is 380 g/mol. The quantitative estimate of drug-likeness (QED) is 0.738. The molecule has 136 valence electrons. The third kappa shape index (κ3) is 5.64. The molecule has 1 fully saturated rings. The molecular formula is C16H21ClN4O2S2.